The zero-order valence-electron chi connectivity index (χ0n) is 23.1. The monoisotopic (exact) mass is 632 g/mol. The fraction of sp³-hybridized carbons (Fsp3) is 0.333. The summed E-state index contributed by atoms with van der Waals surface area (Å²) in [6.07, 6.45) is 5.38. The third-order valence-electron chi connectivity index (χ3n) is 6.74. The number of nitrogens with one attached hydrogen (secondary N) is 2. The summed E-state index contributed by atoms with van der Waals surface area (Å²) in [5.41, 5.74) is 0.169. The molecule has 1 heterocycles. The molecule has 4 rings (SSSR count). The Balaban J connectivity index is 1.46. The van der Waals surface area contributed by atoms with Crippen molar-refractivity contribution in [2.45, 2.75) is 32.1 Å². The maximum Gasteiger partial charge on any atom is 0.327 e. The van der Waals surface area contributed by atoms with Crippen LogP contribution in [0.5, 0.6) is 11.5 Å². The lowest BCUT2D eigenvalue weighted by atomic mass is 10.1. The van der Waals surface area contributed by atoms with Crippen LogP contribution >= 0.6 is 23.2 Å². The van der Waals surface area contributed by atoms with Crippen LogP contribution in [0.1, 0.15) is 42.5 Å². The van der Waals surface area contributed by atoms with Crippen molar-refractivity contribution in [3.8, 4) is 11.5 Å². The number of hydrogen-bond donors (Lipinski definition) is 2. The van der Waals surface area contributed by atoms with Gasteiger partial charge >= 0.3 is 10.2 Å². The molecule has 3 aromatic rings. The van der Waals surface area contributed by atoms with Gasteiger partial charge in [0.25, 0.3) is 5.91 Å². The standard InChI is InChI=1S/C30H34Cl2N4O5S/c31-24-15-16-27(25(32)21-24)41-28-14-6-5-13-26(28)34-42(39,40)36(30(38)23-11-3-1-4-12-23)22-29(37)33-17-7-10-20-35-18-8-2-9-19-35/h1,3-6,11-16,21,34H,2,7-10,17-20,22H2,(H,33,37). The Kier molecular flexibility index (Phi) is 11.5. The van der Waals surface area contributed by atoms with Crippen molar-refractivity contribution < 1.29 is 22.7 Å². The predicted molar refractivity (Wildman–Crippen MR) is 166 cm³/mol. The van der Waals surface area contributed by atoms with Gasteiger partial charge in [0, 0.05) is 17.1 Å². The third-order valence-corrected chi connectivity index (χ3v) is 8.62. The minimum absolute atomic E-state index is 0.0486. The Labute approximate surface area is 256 Å². The highest BCUT2D eigenvalue weighted by atomic mass is 35.5. The first-order chi connectivity index (χ1) is 20.2. The molecule has 42 heavy (non-hydrogen) atoms. The second-order valence-corrected chi connectivity index (χ2v) is 12.4. The first kappa shape index (κ1) is 31.6. The molecule has 0 bridgehead atoms. The summed E-state index contributed by atoms with van der Waals surface area (Å²) in [5.74, 6) is -1.04. The van der Waals surface area contributed by atoms with Gasteiger partial charge in [-0.25, -0.2) is 4.31 Å². The maximum absolute atomic E-state index is 13.6. The number of ether oxygens (including phenoxy) is 1. The van der Waals surface area contributed by atoms with Gasteiger partial charge < -0.3 is 15.0 Å². The lowest BCUT2D eigenvalue weighted by Gasteiger charge is -2.26. The first-order valence-corrected chi connectivity index (χ1v) is 16.0. The van der Waals surface area contributed by atoms with Gasteiger partial charge in [0.15, 0.2) is 5.75 Å². The van der Waals surface area contributed by atoms with E-state index >= 15 is 0 Å². The fourth-order valence-electron chi connectivity index (χ4n) is 4.56. The molecule has 0 aromatic heterocycles. The van der Waals surface area contributed by atoms with Crippen molar-refractivity contribution in [1.82, 2.24) is 14.5 Å². The lowest BCUT2D eigenvalue weighted by molar-refractivity contribution is -0.121. The van der Waals surface area contributed by atoms with E-state index in [0.29, 0.717) is 15.9 Å². The summed E-state index contributed by atoms with van der Waals surface area (Å²) in [6.45, 7) is 2.87. The van der Waals surface area contributed by atoms with Crippen LogP contribution in [0.25, 0.3) is 0 Å². The number of halogens is 2. The maximum atomic E-state index is 13.6. The first-order valence-electron chi connectivity index (χ1n) is 13.8. The van der Waals surface area contributed by atoms with E-state index in [2.05, 4.69) is 14.9 Å². The van der Waals surface area contributed by atoms with E-state index in [-0.39, 0.29) is 27.8 Å². The normalized spacial score (nSPS) is 13.8. The molecular weight excluding hydrogens is 599 g/mol. The highest BCUT2D eigenvalue weighted by Gasteiger charge is 2.31. The van der Waals surface area contributed by atoms with Crippen LogP contribution in [0, 0.1) is 0 Å². The predicted octanol–water partition coefficient (Wildman–Crippen LogP) is 5.97. The summed E-state index contributed by atoms with van der Waals surface area (Å²) in [5, 5.41) is 3.40. The van der Waals surface area contributed by atoms with Gasteiger partial charge in [0.05, 0.1) is 10.7 Å². The molecule has 0 radical (unpaired) electrons. The average Bonchev–Trinajstić information content (AvgIpc) is 2.98. The van der Waals surface area contributed by atoms with Gasteiger partial charge in [-0.15, -0.1) is 0 Å². The number of anilines is 1. The molecule has 2 N–H and O–H groups in total. The molecular formula is C30H34Cl2N4O5S. The molecule has 224 valence electrons. The second kappa shape index (κ2) is 15.2. The number of likely N-dealkylation sites (tertiary alicyclic amines) is 1. The van der Waals surface area contributed by atoms with E-state index in [1.807, 2.05) is 0 Å². The molecule has 0 unspecified atom stereocenters. The highest BCUT2D eigenvalue weighted by Crippen LogP contribution is 2.35. The molecule has 1 aliphatic heterocycles. The van der Waals surface area contributed by atoms with Gasteiger partial charge in [0.1, 0.15) is 12.3 Å². The minimum Gasteiger partial charge on any atom is -0.454 e. The Hall–Kier alpha value is -3.31. The van der Waals surface area contributed by atoms with Crippen LogP contribution in [-0.4, -0.2) is 62.2 Å². The average molecular weight is 634 g/mol. The number of benzene rings is 3. The summed E-state index contributed by atoms with van der Waals surface area (Å²) in [7, 11) is -4.57. The molecule has 12 heteroatoms. The van der Waals surface area contributed by atoms with Crippen LogP contribution in [-0.2, 0) is 15.0 Å². The second-order valence-electron chi connectivity index (χ2n) is 9.92. The van der Waals surface area contributed by atoms with Gasteiger partial charge in [-0.3, -0.25) is 14.3 Å². The van der Waals surface area contributed by atoms with Gasteiger partial charge in [-0.1, -0.05) is 60.0 Å². The van der Waals surface area contributed by atoms with Crippen molar-refractivity contribution in [1.29, 1.82) is 0 Å². The van der Waals surface area contributed by atoms with Crippen molar-refractivity contribution >= 4 is 50.9 Å². The Bertz CT molecular complexity index is 1470. The largest absolute Gasteiger partial charge is 0.454 e. The number of amides is 2. The van der Waals surface area contributed by atoms with E-state index < -0.39 is 28.6 Å². The number of nitrogens with zero attached hydrogens (tertiary/aromatic N) is 2. The number of piperidine rings is 1. The Morgan fingerprint density at radius 1 is 0.881 bits per heavy atom. The van der Waals surface area contributed by atoms with Gasteiger partial charge in [-0.05, 0) is 87.8 Å². The molecule has 2 amide bonds. The molecule has 0 atom stereocenters. The zero-order valence-corrected chi connectivity index (χ0v) is 25.4. The lowest BCUT2D eigenvalue weighted by Crippen LogP contribution is -2.46. The van der Waals surface area contributed by atoms with E-state index in [1.54, 1.807) is 48.5 Å². The zero-order chi connectivity index (χ0) is 30.0. The van der Waals surface area contributed by atoms with Crippen LogP contribution in [0.4, 0.5) is 5.69 Å². The molecule has 0 saturated carbocycles. The molecule has 0 aliphatic carbocycles. The SMILES string of the molecule is O=C(CN(C(=O)c1ccccc1)S(=O)(=O)Nc1ccccc1Oc1ccc(Cl)cc1Cl)NCCCCN1CCCCC1. The molecule has 1 aliphatic rings. The summed E-state index contributed by atoms with van der Waals surface area (Å²) in [4.78, 5) is 28.7. The van der Waals surface area contributed by atoms with Crippen molar-refractivity contribution in [2.75, 3.05) is 37.4 Å². The molecule has 1 saturated heterocycles. The minimum atomic E-state index is -4.57. The van der Waals surface area contributed by atoms with E-state index in [9.17, 15) is 18.0 Å². The van der Waals surface area contributed by atoms with Crippen LogP contribution in [0.15, 0.2) is 72.8 Å². The Morgan fingerprint density at radius 2 is 1.60 bits per heavy atom. The number of rotatable bonds is 13. The molecule has 1 fully saturated rings. The van der Waals surface area contributed by atoms with Gasteiger partial charge in [-0.2, -0.15) is 8.42 Å². The third kappa shape index (κ3) is 9.09. The van der Waals surface area contributed by atoms with Gasteiger partial charge in [0.2, 0.25) is 5.91 Å². The number of unbranched alkanes of at least 4 members (excludes halogenated alkanes) is 1. The number of hydrogen-bond acceptors (Lipinski definition) is 6. The van der Waals surface area contributed by atoms with Crippen LogP contribution < -0.4 is 14.8 Å². The molecule has 9 nitrogen and oxygen atoms in total. The Morgan fingerprint density at radius 3 is 2.33 bits per heavy atom. The van der Waals surface area contributed by atoms with Crippen molar-refractivity contribution in [3.63, 3.8) is 0 Å². The highest BCUT2D eigenvalue weighted by molar-refractivity contribution is 7.91. The number of carbonyl (C=O) groups is 2. The van der Waals surface area contributed by atoms with E-state index in [1.165, 1.54) is 43.5 Å². The summed E-state index contributed by atoms with van der Waals surface area (Å²) < 4.78 is 36.0. The van der Waals surface area contributed by atoms with Crippen molar-refractivity contribution in [3.05, 3.63) is 88.4 Å². The van der Waals surface area contributed by atoms with Crippen LogP contribution in [0.2, 0.25) is 10.0 Å². The topological polar surface area (TPSA) is 108 Å². The van der Waals surface area contributed by atoms with E-state index in [4.69, 9.17) is 27.9 Å². The molecule has 3 aromatic carbocycles. The number of carbonyl (C=O) groups excluding carboxylic acids is 2. The molecule has 0 spiro atoms. The summed E-state index contributed by atoms with van der Waals surface area (Å²) in [6, 6.07) is 18.8. The van der Waals surface area contributed by atoms with E-state index in [0.717, 1.165) is 32.5 Å². The quantitative estimate of drug-likeness (QED) is 0.225. The summed E-state index contributed by atoms with van der Waals surface area (Å²) >= 11 is 12.2. The smallest absolute Gasteiger partial charge is 0.327 e. The fourth-order valence-corrected chi connectivity index (χ4v) is 6.17. The van der Waals surface area contributed by atoms with Crippen LogP contribution in [0.3, 0.4) is 0 Å². The van der Waals surface area contributed by atoms with Crippen molar-refractivity contribution in [2.24, 2.45) is 0 Å². The number of para-hydroxylation sites is 2.